The van der Waals surface area contributed by atoms with Crippen molar-refractivity contribution in [2.45, 2.75) is 13.3 Å². The maximum atomic E-state index is 12.6. The molecule has 0 radical (unpaired) electrons. The van der Waals surface area contributed by atoms with E-state index in [1.807, 2.05) is 0 Å². The molecule has 4 nitrogen and oxygen atoms in total. The van der Waals surface area contributed by atoms with Crippen molar-refractivity contribution >= 4 is 11.6 Å². The lowest BCUT2D eigenvalue weighted by atomic mass is 10.3. The number of hydrogen-bond acceptors (Lipinski definition) is 2. The maximum Gasteiger partial charge on any atom is 0.355 e. The number of carbonyl (C=O) groups is 1. The highest BCUT2D eigenvalue weighted by atomic mass is 19.3. The predicted molar refractivity (Wildman–Crippen MR) is 51.8 cm³/mol. The van der Waals surface area contributed by atoms with Crippen molar-refractivity contribution in [1.82, 2.24) is 9.38 Å². The third-order valence-electron chi connectivity index (χ3n) is 2.28. The van der Waals surface area contributed by atoms with Crippen molar-refractivity contribution in [3.05, 3.63) is 35.3 Å². The third-order valence-corrected chi connectivity index (χ3v) is 2.28. The van der Waals surface area contributed by atoms with E-state index in [9.17, 15) is 13.6 Å². The smallest absolute Gasteiger partial charge is 0.355 e. The van der Waals surface area contributed by atoms with Gasteiger partial charge in [0, 0.05) is 6.20 Å². The Labute approximate surface area is 89.2 Å². The summed E-state index contributed by atoms with van der Waals surface area (Å²) in [6.45, 7) is 1.68. The van der Waals surface area contributed by atoms with Crippen LogP contribution in [-0.2, 0) is 0 Å². The van der Waals surface area contributed by atoms with Crippen LogP contribution in [0.25, 0.3) is 5.65 Å². The first-order valence-corrected chi connectivity index (χ1v) is 4.51. The van der Waals surface area contributed by atoms with Gasteiger partial charge in [-0.3, -0.25) is 4.40 Å². The zero-order valence-corrected chi connectivity index (χ0v) is 8.32. The SMILES string of the molecule is Cc1cccn2c(C(=O)O)c(C(F)F)nc12. The topological polar surface area (TPSA) is 54.6 Å². The van der Waals surface area contributed by atoms with Crippen molar-refractivity contribution in [1.29, 1.82) is 0 Å². The van der Waals surface area contributed by atoms with Gasteiger partial charge in [-0.15, -0.1) is 0 Å². The number of pyridine rings is 1. The van der Waals surface area contributed by atoms with Gasteiger partial charge in [-0.25, -0.2) is 18.6 Å². The molecular formula is C10H8F2N2O2. The highest BCUT2D eigenvalue weighted by molar-refractivity contribution is 5.88. The number of carboxylic acid groups (broad SMARTS) is 1. The molecule has 16 heavy (non-hydrogen) atoms. The third kappa shape index (κ3) is 1.42. The van der Waals surface area contributed by atoms with E-state index >= 15 is 0 Å². The number of carboxylic acids is 1. The second-order valence-electron chi connectivity index (χ2n) is 3.34. The number of halogens is 2. The van der Waals surface area contributed by atoms with Gasteiger partial charge >= 0.3 is 5.97 Å². The molecule has 0 aromatic carbocycles. The summed E-state index contributed by atoms with van der Waals surface area (Å²) in [5.74, 6) is -1.41. The minimum atomic E-state index is -2.90. The molecule has 0 bridgehead atoms. The summed E-state index contributed by atoms with van der Waals surface area (Å²) in [6.07, 6.45) is -1.49. The lowest BCUT2D eigenvalue weighted by molar-refractivity contribution is 0.0675. The summed E-state index contributed by atoms with van der Waals surface area (Å²) in [5, 5.41) is 8.90. The van der Waals surface area contributed by atoms with Crippen LogP contribution in [-0.4, -0.2) is 20.5 Å². The van der Waals surface area contributed by atoms with E-state index in [0.29, 0.717) is 5.56 Å². The summed E-state index contributed by atoms with van der Waals surface area (Å²) in [7, 11) is 0. The van der Waals surface area contributed by atoms with Gasteiger partial charge in [0.25, 0.3) is 6.43 Å². The Morgan fingerprint density at radius 3 is 2.81 bits per heavy atom. The van der Waals surface area contributed by atoms with Gasteiger partial charge in [0.2, 0.25) is 0 Å². The average Bonchev–Trinajstić information content (AvgIpc) is 2.58. The molecule has 6 heteroatoms. The number of fused-ring (bicyclic) bond motifs is 1. The quantitative estimate of drug-likeness (QED) is 0.854. The number of aryl methyl sites for hydroxylation is 1. The fourth-order valence-corrected chi connectivity index (χ4v) is 1.59. The van der Waals surface area contributed by atoms with Gasteiger partial charge in [0.1, 0.15) is 11.3 Å². The Kier molecular flexibility index (Phi) is 2.34. The normalized spacial score (nSPS) is 11.2. The van der Waals surface area contributed by atoms with Crippen molar-refractivity contribution in [2.75, 3.05) is 0 Å². The van der Waals surface area contributed by atoms with Crippen molar-refractivity contribution in [2.24, 2.45) is 0 Å². The lowest BCUT2D eigenvalue weighted by Gasteiger charge is -1.99. The Hall–Kier alpha value is -1.98. The lowest BCUT2D eigenvalue weighted by Crippen LogP contribution is -2.05. The standard InChI is InChI=1S/C10H8F2N2O2/c1-5-3-2-4-14-7(10(15)16)6(8(11)12)13-9(5)14/h2-4,8H,1H3,(H,15,16). The molecule has 0 saturated heterocycles. The van der Waals surface area contributed by atoms with E-state index in [2.05, 4.69) is 4.98 Å². The van der Waals surface area contributed by atoms with Crippen LogP contribution in [0.15, 0.2) is 18.3 Å². The molecule has 0 atom stereocenters. The van der Waals surface area contributed by atoms with Gasteiger partial charge in [0.05, 0.1) is 0 Å². The van der Waals surface area contributed by atoms with Gasteiger partial charge in [-0.05, 0) is 18.6 Å². The monoisotopic (exact) mass is 226 g/mol. The van der Waals surface area contributed by atoms with Crippen LogP contribution >= 0.6 is 0 Å². The molecule has 2 rings (SSSR count). The van der Waals surface area contributed by atoms with Crippen LogP contribution in [0.5, 0.6) is 0 Å². The summed E-state index contributed by atoms with van der Waals surface area (Å²) >= 11 is 0. The van der Waals surface area contributed by atoms with Crippen molar-refractivity contribution in [3.8, 4) is 0 Å². The zero-order chi connectivity index (χ0) is 11.9. The molecule has 2 heterocycles. The molecule has 0 unspecified atom stereocenters. The fraction of sp³-hybridized carbons (Fsp3) is 0.200. The molecule has 0 aliphatic heterocycles. The summed E-state index contributed by atoms with van der Waals surface area (Å²) < 4.78 is 26.4. The molecule has 2 aromatic rings. The van der Waals surface area contributed by atoms with Gasteiger partial charge in [-0.1, -0.05) is 6.07 Å². The summed E-state index contributed by atoms with van der Waals surface area (Å²) in [5.41, 5.74) is -0.275. The highest BCUT2D eigenvalue weighted by Crippen LogP contribution is 2.24. The molecule has 0 saturated carbocycles. The number of aromatic nitrogens is 2. The van der Waals surface area contributed by atoms with Crippen LogP contribution in [0.4, 0.5) is 8.78 Å². The first kappa shape index (κ1) is 10.5. The molecule has 1 N–H and O–H groups in total. The second kappa shape index (κ2) is 3.55. The van der Waals surface area contributed by atoms with Crippen molar-refractivity contribution in [3.63, 3.8) is 0 Å². The van der Waals surface area contributed by atoms with Gasteiger partial charge < -0.3 is 5.11 Å². The van der Waals surface area contributed by atoms with E-state index in [1.165, 1.54) is 10.6 Å². The first-order chi connectivity index (χ1) is 7.52. The molecular weight excluding hydrogens is 218 g/mol. The Morgan fingerprint density at radius 1 is 1.56 bits per heavy atom. The Morgan fingerprint density at radius 2 is 2.25 bits per heavy atom. The Bertz CT molecular complexity index is 563. The zero-order valence-electron chi connectivity index (χ0n) is 8.32. The molecule has 0 aliphatic rings. The number of imidazole rings is 1. The number of rotatable bonds is 2. The van der Waals surface area contributed by atoms with E-state index in [0.717, 1.165) is 0 Å². The minimum absolute atomic E-state index is 0.246. The van der Waals surface area contributed by atoms with Crippen LogP contribution in [0, 0.1) is 6.92 Å². The molecule has 0 amide bonds. The largest absolute Gasteiger partial charge is 0.476 e. The van der Waals surface area contributed by atoms with Crippen LogP contribution < -0.4 is 0 Å². The molecule has 0 aliphatic carbocycles. The van der Waals surface area contributed by atoms with E-state index in [1.54, 1.807) is 19.1 Å². The van der Waals surface area contributed by atoms with Crippen molar-refractivity contribution < 1.29 is 18.7 Å². The molecule has 2 aromatic heterocycles. The Balaban J connectivity index is 2.86. The second-order valence-corrected chi connectivity index (χ2v) is 3.34. The van der Waals surface area contributed by atoms with E-state index in [-0.39, 0.29) is 5.65 Å². The molecule has 84 valence electrons. The summed E-state index contributed by atoms with van der Waals surface area (Å²) in [6, 6.07) is 3.27. The number of hydrogen-bond donors (Lipinski definition) is 1. The van der Waals surface area contributed by atoms with Crippen LogP contribution in [0.1, 0.15) is 28.2 Å². The minimum Gasteiger partial charge on any atom is -0.476 e. The number of nitrogens with zero attached hydrogens (tertiary/aromatic N) is 2. The van der Waals surface area contributed by atoms with Gasteiger partial charge in [0.15, 0.2) is 5.69 Å². The molecule has 0 spiro atoms. The number of aromatic carboxylic acids is 1. The fourth-order valence-electron chi connectivity index (χ4n) is 1.59. The van der Waals surface area contributed by atoms with E-state index < -0.39 is 23.8 Å². The highest BCUT2D eigenvalue weighted by Gasteiger charge is 2.25. The predicted octanol–water partition coefficient (Wildman–Crippen LogP) is 2.28. The first-order valence-electron chi connectivity index (χ1n) is 4.51. The van der Waals surface area contributed by atoms with E-state index in [4.69, 9.17) is 5.11 Å². The maximum absolute atomic E-state index is 12.6. The molecule has 0 fully saturated rings. The average molecular weight is 226 g/mol. The van der Waals surface area contributed by atoms with Crippen LogP contribution in [0.2, 0.25) is 0 Å². The van der Waals surface area contributed by atoms with Crippen LogP contribution in [0.3, 0.4) is 0 Å². The summed E-state index contributed by atoms with van der Waals surface area (Å²) in [4.78, 5) is 14.6. The number of alkyl halides is 2. The van der Waals surface area contributed by atoms with Gasteiger partial charge in [-0.2, -0.15) is 0 Å².